The first kappa shape index (κ1) is 29.2. The summed E-state index contributed by atoms with van der Waals surface area (Å²) in [6.07, 6.45) is 0. The van der Waals surface area contributed by atoms with E-state index in [9.17, 15) is 0 Å². The minimum absolute atomic E-state index is 0. The van der Waals surface area contributed by atoms with Gasteiger partial charge in [-0.05, 0) is 0 Å². The van der Waals surface area contributed by atoms with Crippen LogP contribution in [0.1, 0.15) is 0 Å². The van der Waals surface area contributed by atoms with E-state index < -0.39 is 0 Å². The van der Waals surface area contributed by atoms with Crippen molar-refractivity contribution in [3.05, 3.63) is 0 Å². The van der Waals surface area contributed by atoms with Gasteiger partial charge in [-0.2, -0.15) is 0 Å². The first-order chi connectivity index (χ1) is 0. The summed E-state index contributed by atoms with van der Waals surface area (Å²) in [5, 5.41) is 0. The van der Waals surface area contributed by atoms with E-state index >= 15 is 0 Å². The maximum atomic E-state index is 0. The Kier molecular flexibility index (Phi) is 124. The maximum Gasteiger partial charge on any atom is 0 e. The van der Waals surface area contributed by atoms with Crippen LogP contribution < -0.4 is 0 Å². The zero-order valence-electron chi connectivity index (χ0n) is 1.40. The summed E-state index contributed by atoms with van der Waals surface area (Å²) in [5.74, 6) is 0. The van der Waals surface area contributed by atoms with Crippen LogP contribution in [0.2, 0.25) is 0 Å². The molecule has 0 unspecified atom stereocenters. The summed E-state index contributed by atoms with van der Waals surface area (Å²) < 4.78 is 0. The van der Waals surface area contributed by atoms with Crippen LogP contribution >= 0.6 is 0 Å². The van der Waals surface area contributed by atoms with E-state index in [1.165, 1.54) is 0 Å². The molecule has 0 aliphatic heterocycles. The molecular weight excluding hydrogens is 487 g/mol. The fourth-order valence-electron chi connectivity index (χ4n) is 0. The molecule has 0 aliphatic carbocycles. The molecule has 0 aromatic heterocycles. The molecule has 0 fully saturated rings. The summed E-state index contributed by atoms with van der Waals surface area (Å²) in [6, 6.07) is 0. The largest absolute Gasteiger partial charge is 0 e. The van der Waals surface area contributed by atoms with Gasteiger partial charge in [-0.3, -0.25) is 0 Å². The summed E-state index contributed by atoms with van der Waals surface area (Å²) in [6.45, 7) is 0. The Hall–Kier alpha value is 2.80. The molecule has 0 spiro atoms. The first-order valence-corrected chi connectivity index (χ1v) is 0. The van der Waals surface area contributed by atoms with Crippen molar-refractivity contribution in [2.75, 3.05) is 0 Å². The van der Waals surface area contributed by atoms with Gasteiger partial charge in [0.05, 0.1) is 0 Å². The molecule has 0 amide bonds. The number of hydrogen-bond acceptors (Lipinski definition) is 0. The van der Waals surface area contributed by atoms with E-state index in [1.807, 2.05) is 0 Å². The molecule has 0 bridgehead atoms. The smallest absolute Gasteiger partial charge is 0 e. The first-order valence-electron chi connectivity index (χ1n) is 0. The van der Waals surface area contributed by atoms with Gasteiger partial charge in [0.25, 0.3) is 0 Å². The molecule has 4 heavy (non-hydrogen) atoms. The standard InChI is InChI=1S/Ag.Au.Cu.Sn. The molecule has 0 aromatic rings. The van der Waals surface area contributed by atoms with Crippen LogP contribution in [0, 0.1) is 0 Å². The molecule has 0 nitrogen and oxygen atoms in total. The van der Waals surface area contributed by atoms with Crippen molar-refractivity contribution < 1.29 is 61.8 Å². The quantitative estimate of drug-likeness (QED) is 0.409. The van der Waals surface area contributed by atoms with Gasteiger partial charge >= 0.3 is 0 Å². The van der Waals surface area contributed by atoms with E-state index in [4.69, 9.17) is 0 Å². The van der Waals surface area contributed by atoms with Crippen LogP contribution in [0.5, 0.6) is 0 Å². The summed E-state index contributed by atoms with van der Waals surface area (Å²) in [7, 11) is 0. The van der Waals surface area contributed by atoms with Gasteiger partial charge in [0.1, 0.15) is 0 Å². The number of rotatable bonds is 0. The van der Waals surface area contributed by atoms with E-state index in [0.29, 0.717) is 0 Å². The van der Waals surface area contributed by atoms with Crippen LogP contribution in [0.3, 0.4) is 0 Å². The average Bonchev–Trinajstić information content (AvgIpc) is 0. The van der Waals surface area contributed by atoms with Crippen LogP contribution in [0.4, 0.5) is 0 Å². The van der Waals surface area contributed by atoms with Gasteiger partial charge in [-0.15, -0.1) is 0 Å². The average molecular weight is 487 g/mol. The fourth-order valence-corrected chi connectivity index (χ4v) is 0. The molecule has 0 atom stereocenters. The second-order valence-corrected chi connectivity index (χ2v) is 0. The third-order valence-corrected chi connectivity index (χ3v) is 0. The zero-order valence-corrected chi connectivity index (χ0v) is 8.85. The molecule has 4 heteroatoms. The van der Waals surface area contributed by atoms with E-state index in [2.05, 4.69) is 0 Å². The topological polar surface area (TPSA) is 0 Å². The molecular formula is AgAuCuSn. The van der Waals surface area contributed by atoms with Crippen LogP contribution in [-0.2, 0) is 61.8 Å². The van der Waals surface area contributed by atoms with Crippen molar-refractivity contribution in [1.82, 2.24) is 0 Å². The minimum Gasteiger partial charge on any atom is 0 e. The Balaban J connectivity index is 0. The Morgan fingerprint density at radius 2 is 1.00 bits per heavy atom. The van der Waals surface area contributed by atoms with Gasteiger partial charge in [-0.1, -0.05) is 0 Å². The molecule has 0 heterocycles. The molecule has 0 saturated carbocycles. The predicted octanol–water partition coefficient (Wildman–Crippen LogP) is -0.388. The molecule has 0 rings (SSSR count). The molecule has 0 saturated heterocycles. The summed E-state index contributed by atoms with van der Waals surface area (Å²) in [4.78, 5) is 0. The van der Waals surface area contributed by atoms with Crippen molar-refractivity contribution in [2.45, 2.75) is 0 Å². The van der Waals surface area contributed by atoms with Crippen molar-refractivity contribution in [1.29, 1.82) is 0 Å². The van der Waals surface area contributed by atoms with Crippen molar-refractivity contribution in [3.8, 4) is 0 Å². The molecule has 0 aliphatic rings. The minimum atomic E-state index is 0. The Bertz CT molecular complexity index is 8.00. The van der Waals surface area contributed by atoms with Gasteiger partial charge in [0.2, 0.25) is 0 Å². The normalized spacial score (nSPS) is 0. The summed E-state index contributed by atoms with van der Waals surface area (Å²) in [5.41, 5.74) is 0. The summed E-state index contributed by atoms with van der Waals surface area (Å²) >= 11 is 0. The van der Waals surface area contributed by atoms with Crippen molar-refractivity contribution in [3.63, 3.8) is 0 Å². The molecule has 37 valence electrons. The second kappa shape index (κ2) is 17.0. The van der Waals surface area contributed by atoms with Gasteiger partial charge in [-0.25, -0.2) is 0 Å². The van der Waals surface area contributed by atoms with Gasteiger partial charge < -0.3 is 0 Å². The Labute approximate surface area is 84.3 Å². The molecule has 0 N–H and O–H groups in total. The van der Waals surface area contributed by atoms with Crippen molar-refractivity contribution >= 4 is 23.9 Å². The van der Waals surface area contributed by atoms with Crippen LogP contribution in [0.15, 0.2) is 0 Å². The third kappa shape index (κ3) is 8.84. The van der Waals surface area contributed by atoms with Crippen LogP contribution in [0.25, 0.3) is 0 Å². The second-order valence-electron chi connectivity index (χ2n) is 0. The van der Waals surface area contributed by atoms with Crippen molar-refractivity contribution in [2.24, 2.45) is 0 Å². The van der Waals surface area contributed by atoms with E-state index in [-0.39, 0.29) is 85.7 Å². The van der Waals surface area contributed by atoms with Gasteiger partial charge in [0.15, 0.2) is 0 Å². The SMILES string of the molecule is [Ag].[Au].[Cu].[Sn]. The Morgan fingerprint density at radius 3 is 1.00 bits per heavy atom. The fraction of sp³-hybridized carbons (Fsp3) is 0. The molecule has 7 radical (unpaired) electrons. The third-order valence-electron chi connectivity index (χ3n) is 0. The Morgan fingerprint density at radius 1 is 1.00 bits per heavy atom. The van der Waals surface area contributed by atoms with Gasteiger partial charge in [0, 0.05) is 85.7 Å². The zero-order chi connectivity index (χ0) is 0. The van der Waals surface area contributed by atoms with Crippen LogP contribution in [-0.4, -0.2) is 23.9 Å². The molecule has 0 aromatic carbocycles. The number of hydrogen-bond donors (Lipinski definition) is 0. The predicted molar refractivity (Wildman–Crippen MR) is 5.75 cm³/mol. The van der Waals surface area contributed by atoms with E-state index in [0.717, 1.165) is 0 Å². The van der Waals surface area contributed by atoms with E-state index in [1.54, 1.807) is 0 Å². The maximum absolute atomic E-state index is 0. The monoisotopic (exact) mass is 487 g/mol.